The zero-order valence-corrected chi connectivity index (χ0v) is 14.4. The van der Waals surface area contributed by atoms with Gasteiger partial charge in [0.25, 0.3) is 0 Å². The molecule has 112 valence electrons. The van der Waals surface area contributed by atoms with Crippen LogP contribution in [0, 0.1) is 0 Å². The summed E-state index contributed by atoms with van der Waals surface area (Å²) in [7, 11) is 1.68. The lowest BCUT2D eigenvalue weighted by molar-refractivity contribution is 0.412. The minimum atomic E-state index is 0.316. The van der Waals surface area contributed by atoms with Crippen molar-refractivity contribution in [1.82, 2.24) is 0 Å². The van der Waals surface area contributed by atoms with Gasteiger partial charge in [-0.3, -0.25) is 0 Å². The first-order valence-electron chi connectivity index (χ1n) is 7.36. The third-order valence-corrected chi connectivity index (χ3v) is 4.31. The summed E-state index contributed by atoms with van der Waals surface area (Å²) in [5.74, 6) is 0.848. The van der Waals surface area contributed by atoms with Crippen molar-refractivity contribution in [1.29, 1.82) is 0 Å². The Kier molecular flexibility index (Phi) is 5.68. The summed E-state index contributed by atoms with van der Waals surface area (Å²) in [5.41, 5.74) is 3.79. The van der Waals surface area contributed by atoms with Crippen LogP contribution in [-0.2, 0) is 6.42 Å². The highest BCUT2D eigenvalue weighted by atomic mass is 79.9. The van der Waals surface area contributed by atoms with Crippen LogP contribution in [0.2, 0.25) is 0 Å². The monoisotopic (exact) mass is 347 g/mol. The predicted octanol–water partition coefficient (Wildman–Crippen LogP) is 5.58. The molecular formula is C18H22BrNO. The average molecular weight is 348 g/mol. The Hall–Kier alpha value is -1.48. The van der Waals surface area contributed by atoms with Crippen molar-refractivity contribution >= 4 is 21.6 Å². The van der Waals surface area contributed by atoms with Crippen LogP contribution >= 0.6 is 15.9 Å². The lowest BCUT2D eigenvalue weighted by Crippen LogP contribution is -2.09. The fourth-order valence-electron chi connectivity index (χ4n) is 2.36. The predicted molar refractivity (Wildman–Crippen MR) is 93.2 cm³/mol. The summed E-state index contributed by atoms with van der Waals surface area (Å²) in [4.78, 5) is 0. The highest BCUT2D eigenvalue weighted by Crippen LogP contribution is 2.30. The van der Waals surface area contributed by atoms with Gasteiger partial charge in [-0.15, -0.1) is 0 Å². The summed E-state index contributed by atoms with van der Waals surface area (Å²) < 4.78 is 6.23. The molecule has 1 atom stereocenters. The molecule has 2 aromatic rings. The van der Waals surface area contributed by atoms with Gasteiger partial charge in [0.2, 0.25) is 0 Å². The van der Waals surface area contributed by atoms with Gasteiger partial charge in [-0.1, -0.05) is 38.1 Å². The SMILES string of the molecule is CCc1ccc(C(CC)Nc2ccc(OC)c(Br)c2)cc1. The summed E-state index contributed by atoms with van der Waals surface area (Å²) in [6.45, 7) is 4.38. The first kappa shape index (κ1) is 15.9. The van der Waals surface area contributed by atoms with E-state index in [0.717, 1.165) is 28.8 Å². The van der Waals surface area contributed by atoms with Crippen LogP contribution < -0.4 is 10.1 Å². The van der Waals surface area contributed by atoms with Crippen molar-refractivity contribution in [3.05, 3.63) is 58.1 Å². The van der Waals surface area contributed by atoms with Gasteiger partial charge in [0, 0.05) is 5.69 Å². The number of ether oxygens (including phenoxy) is 1. The Balaban J connectivity index is 2.16. The molecule has 1 N–H and O–H groups in total. The number of aryl methyl sites for hydroxylation is 1. The molecule has 0 amide bonds. The van der Waals surface area contributed by atoms with E-state index in [2.05, 4.69) is 65.4 Å². The molecule has 0 aliphatic heterocycles. The van der Waals surface area contributed by atoms with E-state index in [9.17, 15) is 0 Å². The molecule has 21 heavy (non-hydrogen) atoms. The number of nitrogens with one attached hydrogen (secondary N) is 1. The van der Waals surface area contributed by atoms with E-state index in [0.29, 0.717) is 6.04 Å². The molecule has 1 unspecified atom stereocenters. The number of methoxy groups -OCH3 is 1. The summed E-state index contributed by atoms with van der Waals surface area (Å²) in [5, 5.41) is 3.59. The maximum Gasteiger partial charge on any atom is 0.133 e. The first-order valence-corrected chi connectivity index (χ1v) is 8.16. The maximum atomic E-state index is 5.27. The molecule has 2 aromatic carbocycles. The van der Waals surface area contributed by atoms with Crippen molar-refractivity contribution in [2.24, 2.45) is 0 Å². The zero-order chi connectivity index (χ0) is 15.2. The lowest BCUT2D eigenvalue weighted by atomic mass is 10.0. The molecule has 0 radical (unpaired) electrons. The topological polar surface area (TPSA) is 21.3 Å². The minimum absolute atomic E-state index is 0.316. The van der Waals surface area contributed by atoms with E-state index in [-0.39, 0.29) is 0 Å². The highest BCUT2D eigenvalue weighted by Gasteiger charge is 2.10. The molecule has 0 saturated heterocycles. The Morgan fingerprint density at radius 2 is 1.81 bits per heavy atom. The molecule has 0 bridgehead atoms. The Bertz CT molecular complexity index is 580. The quantitative estimate of drug-likeness (QED) is 0.735. The van der Waals surface area contributed by atoms with Gasteiger partial charge in [-0.25, -0.2) is 0 Å². The number of benzene rings is 2. The van der Waals surface area contributed by atoms with E-state index in [1.807, 2.05) is 12.1 Å². The van der Waals surface area contributed by atoms with Gasteiger partial charge >= 0.3 is 0 Å². The number of halogens is 1. The molecule has 0 aromatic heterocycles. The largest absolute Gasteiger partial charge is 0.496 e. The molecule has 0 spiro atoms. The minimum Gasteiger partial charge on any atom is -0.496 e. The molecule has 0 aliphatic carbocycles. The molecule has 0 saturated carbocycles. The van der Waals surface area contributed by atoms with Gasteiger partial charge in [-0.2, -0.15) is 0 Å². The normalized spacial score (nSPS) is 12.0. The van der Waals surface area contributed by atoms with E-state index in [4.69, 9.17) is 4.74 Å². The van der Waals surface area contributed by atoms with Gasteiger partial charge in [0.1, 0.15) is 5.75 Å². The number of anilines is 1. The second kappa shape index (κ2) is 7.51. The van der Waals surface area contributed by atoms with E-state index in [1.165, 1.54) is 11.1 Å². The molecule has 2 nitrogen and oxygen atoms in total. The standard InChI is InChI=1S/C18H22BrNO/c1-4-13-6-8-14(9-7-13)17(5-2)20-15-10-11-18(21-3)16(19)12-15/h6-12,17,20H,4-5H2,1-3H3. The summed E-state index contributed by atoms with van der Waals surface area (Å²) in [6.07, 6.45) is 2.12. The third kappa shape index (κ3) is 4.01. The number of rotatable bonds is 6. The summed E-state index contributed by atoms with van der Waals surface area (Å²) >= 11 is 3.53. The van der Waals surface area contributed by atoms with Crippen molar-refractivity contribution in [2.75, 3.05) is 12.4 Å². The van der Waals surface area contributed by atoms with Crippen molar-refractivity contribution in [3.8, 4) is 5.75 Å². The van der Waals surface area contributed by atoms with Crippen molar-refractivity contribution in [2.45, 2.75) is 32.7 Å². The van der Waals surface area contributed by atoms with Crippen LogP contribution in [0.3, 0.4) is 0 Å². The first-order chi connectivity index (χ1) is 10.2. The molecular weight excluding hydrogens is 326 g/mol. The second-order valence-corrected chi connectivity index (χ2v) is 5.90. The van der Waals surface area contributed by atoms with E-state index in [1.54, 1.807) is 7.11 Å². The van der Waals surface area contributed by atoms with Crippen LogP contribution in [0.15, 0.2) is 46.9 Å². The lowest BCUT2D eigenvalue weighted by Gasteiger charge is -2.20. The van der Waals surface area contributed by atoms with Crippen molar-refractivity contribution < 1.29 is 4.74 Å². The van der Waals surface area contributed by atoms with Crippen LogP contribution in [0.4, 0.5) is 5.69 Å². The average Bonchev–Trinajstić information content (AvgIpc) is 2.53. The van der Waals surface area contributed by atoms with Gasteiger partial charge in [-0.05, 0) is 58.1 Å². The van der Waals surface area contributed by atoms with Crippen LogP contribution in [0.25, 0.3) is 0 Å². The number of hydrogen-bond acceptors (Lipinski definition) is 2. The fourth-order valence-corrected chi connectivity index (χ4v) is 2.90. The zero-order valence-electron chi connectivity index (χ0n) is 12.8. The van der Waals surface area contributed by atoms with Crippen molar-refractivity contribution in [3.63, 3.8) is 0 Å². The third-order valence-electron chi connectivity index (χ3n) is 3.69. The van der Waals surface area contributed by atoms with Crippen LogP contribution in [0.5, 0.6) is 5.75 Å². The van der Waals surface area contributed by atoms with Gasteiger partial charge in [0.15, 0.2) is 0 Å². The molecule has 3 heteroatoms. The second-order valence-electron chi connectivity index (χ2n) is 5.05. The Morgan fingerprint density at radius 3 is 2.33 bits per heavy atom. The van der Waals surface area contributed by atoms with Crippen LogP contribution in [0.1, 0.15) is 37.4 Å². The smallest absolute Gasteiger partial charge is 0.133 e. The Labute approximate surface area is 135 Å². The highest BCUT2D eigenvalue weighted by molar-refractivity contribution is 9.10. The Morgan fingerprint density at radius 1 is 1.10 bits per heavy atom. The fraction of sp³-hybridized carbons (Fsp3) is 0.333. The van der Waals surface area contributed by atoms with Crippen LogP contribution in [-0.4, -0.2) is 7.11 Å². The molecule has 0 fully saturated rings. The van der Waals surface area contributed by atoms with E-state index < -0.39 is 0 Å². The van der Waals surface area contributed by atoms with E-state index >= 15 is 0 Å². The molecule has 0 aliphatic rings. The van der Waals surface area contributed by atoms with Gasteiger partial charge in [0.05, 0.1) is 17.6 Å². The molecule has 2 rings (SSSR count). The maximum absolute atomic E-state index is 5.27. The summed E-state index contributed by atoms with van der Waals surface area (Å²) in [6, 6.07) is 15.3. The number of hydrogen-bond donors (Lipinski definition) is 1. The van der Waals surface area contributed by atoms with Gasteiger partial charge < -0.3 is 10.1 Å². The molecule has 0 heterocycles.